The van der Waals surface area contributed by atoms with Gasteiger partial charge in [0.05, 0.1) is 23.0 Å². The third kappa shape index (κ3) is 3.20. The lowest BCUT2D eigenvalue weighted by atomic mass is 10.0. The normalized spacial score (nSPS) is 15.1. The highest BCUT2D eigenvalue weighted by atomic mass is 35.5. The number of ether oxygens (including phenoxy) is 1. The summed E-state index contributed by atoms with van der Waals surface area (Å²) in [6.45, 7) is 2.92. The second-order valence-electron chi connectivity index (χ2n) is 4.14. The summed E-state index contributed by atoms with van der Waals surface area (Å²) in [7, 11) is 5.57. The zero-order valence-electron chi connectivity index (χ0n) is 10.3. The third-order valence-electron chi connectivity index (χ3n) is 2.71. The maximum atomic E-state index is 6.12. The fraction of sp³-hybridized carbons (Fsp3) is 0.727. The van der Waals surface area contributed by atoms with E-state index in [0.29, 0.717) is 10.9 Å². The number of methoxy groups -OCH3 is 1. The Labute approximate surface area is 102 Å². The Morgan fingerprint density at radius 3 is 2.75 bits per heavy atom. The van der Waals surface area contributed by atoms with Crippen LogP contribution in [0.4, 0.5) is 0 Å². The van der Waals surface area contributed by atoms with Crippen LogP contribution in [0.1, 0.15) is 25.1 Å². The molecule has 92 valence electrons. The fourth-order valence-corrected chi connectivity index (χ4v) is 2.23. The number of rotatable bonds is 6. The van der Waals surface area contributed by atoms with Crippen LogP contribution in [0.25, 0.3) is 0 Å². The summed E-state index contributed by atoms with van der Waals surface area (Å²) in [4.78, 5) is 0. The molecule has 4 nitrogen and oxygen atoms in total. The number of hydrogen-bond acceptors (Lipinski definition) is 3. The molecule has 0 amide bonds. The molecule has 0 aliphatic rings. The lowest BCUT2D eigenvalue weighted by molar-refractivity contribution is 0.149. The first kappa shape index (κ1) is 13.5. The summed E-state index contributed by atoms with van der Waals surface area (Å²) < 4.78 is 6.97. The van der Waals surface area contributed by atoms with Crippen molar-refractivity contribution in [1.29, 1.82) is 0 Å². The molecule has 5 heteroatoms. The second-order valence-corrected chi connectivity index (χ2v) is 4.55. The Bertz CT molecular complexity index is 308. The van der Waals surface area contributed by atoms with E-state index < -0.39 is 0 Å². The molecule has 0 fully saturated rings. The molecule has 0 saturated carbocycles. The van der Waals surface area contributed by atoms with E-state index in [1.54, 1.807) is 13.3 Å². The van der Waals surface area contributed by atoms with E-state index in [0.717, 1.165) is 18.7 Å². The van der Waals surface area contributed by atoms with E-state index in [9.17, 15) is 0 Å². The van der Waals surface area contributed by atoms with Crippen molar-refractivity contribution in [2.75, 3.05) is 20.8 Å². The van der Waals surface area contributed by atoms with Gasteiger partial charge < -0.3 is 10.1 Å². The van der Waals surface area contributed by atoms with Gasteiger partial charge in [0.2, 0.25) is 0 Å². The van der Waals surface area contributed by atoms with Crippen molar-refractivity contribution >= 4 is 11.6 Å². The van der Waals surface area contributed by atoms with Crippen molar-refractivity contribution in [1.82, 2.24) is 15.1 Å². The number of aryl methyl sites for hydroxylation is 1. The van der Waals surface area contributed by atoms with Crippen LogP contribution in [0.3, 0.4) is 0 Å². The van der Waals surface area contributed by atoms with Crippen LogP contribution in [0.5, 0.6) is 0 Å². The summed E-state index contributed by atoms with van der Waals surface area (Å²) in [5.41, 5.74) is 1.03. The molecule has 0 bridgehead atoms. The molecule has 16 heavy (non-hydrogen) atoms. The van der Waals surface area contributed by atoms with Crippen molar-refractivity contribution in [2.45, 2.75) is 19.4 Å². The highest BCUT2D eigenvalue weighted by molar-refractivity contribution is 6.31. The maximum absolute atomic E-state index is 6.12. The van der Waals surface area contributed by atoms with E-state index in [-0.39, 0.29) is 6.04 Å². The lowest BCUT2D eigenvalue weighted by Crippen LogP contribution is -2.23. The van der Waals surface area contributed by atoms with Crippen LogP contribution in [-0.2, 0) is 11.8 Å². The molecule has 1 rings (SSSR count). The first-order valence-electron chi connectivity index (χ1n) is 5.43. The van der Waals surface area contributed by atoms with Gasteiger partial charge in [-0.2, -0.15) is 5.10 Å². The Kier molecular flexibility index (Phi) is 5.25. The lowest BCUT2D eigenvalue weighted by Gasteiger charge is -2.20. The molecule has 0 saturated heterocycles. The Morgan fingerprint density at radius 1 is 1.62 bits per heavy atom. The zero-order valence-corrected chi connectivity index (χ0v) is 11.1. The monoisotopic (exact) mass is 245 g/mol. The predicted octanol–water partition coefficient (Wildman–Crippen LogP) is 2.01. The van der Waals surface area contributed by atoms with Crippen LogP contribution in [-0.4, -0.2) is 30.5 Å². The molecule has 1 aromatic rings. The summed E-state index contributed by atoms with van der Waals surface area (Å²) in [5, 5.41) is 8.14. The fourth-order valence-electron chi connectivity index (χ4n) is 1.93. The average Bonchev–Trinajstić information content (AvgIpc) is 2.56. The third-order valence-corrected chi connectivity index (χ3v) is 3.00. The zero-order chi connectivity index (χ0) is 12.1. The first-order valence-corrected chi connectivity index (χ1v) is 5.81. The van der Waals surface area contributed by atoms with Gasteiger partial charge in [-0.3, -0.25) is 4.68 Å². The van der Waals surface area contributed by atoms with E-state index in [2.05, 4.69) is 17.3 Å². The van der Waals surface area contributed by atoms with Gasteiger partial charge in [-0.1, -0.05) is 18.5 Å². The van der Waals surface area contributed by atoms with Crippen molar-refractivity contribution in [3.63, 3.8) is 0 Å². The van der Waals surface area contributed by atoms with Gasteiger partial charge in [-0.05, 0) is 19.4 Å². The minimum absolute atomic E-state index is 0.213. The smallest absolute Gasteiger partial charge is 0.0833 e. The van der Waals surface area contributed by atoms with E-state index >= 15 is 0 Å². The highest BCUT2D eigenvalue weighted by Crippen LogP contribution is 2.26. The molecular formula is C11H20ClN3O. The summed E-state index contributed by atoms with van der Waals surface area (Å²) in [6.07, 6.45) is 2.66. The molecule has 1 heterocycles. The van der Waals surface area contributed by atoms with Gasteiger partial charge in [0.1, 0.15) is 0 Å². The van der Waals surface area contributed by atoms with Crippen LogP contribution < -0.4 is 5.32 Å². The Hall–Kier alpha value is -0.580. The van der Waals surface area contributed by atoms with Crippen molar-refractivity contribution < 1.29 is 4.74 Å². The molecular weight excluding hydrogens is 226 g/mol. The summed E-state index contributed by atoms with van der Waals surface area (Å²) in [6, 6.07) is 0.213. The standard InChI is InChI=1S/C11H20ClN3O/c1-8(7-16-4)5-10(13-2)11-9(12)6-14-15(11)3/h6,8,10,13H,5,7H2,1-4H3. The quantitative estimate of drug-likeness (QED) is 0.833. The molecule has 0 radical (unpaired) electrons. The topological polar surface area (TPSA) is 39.1 Å². The SMILES string of the molecule is CNC(CC(C)COC)c1c(Cl)cnn1C. The van der Waals surface area contributed by atoms with Crippen LogP contribution in [0.2, 0.25) is 5.02 Å². The minimum atomic E-state index is 0.213. The Balaban J connectivity index is 2.74. The van der Waals surface area contributed by atoms with Crippen LogP contribution >= 0.6 is 11.6 Å². The van der Waals surface area contributed by atoms with Gasteiger partial charge in [-0.15, -0.1) is 0 Å². The molecule has 0 aliphatic heterocycles. The van der Waals surface area contributed by atoms with E-state index in [1.807, 2.05) is 18.8 Å². The summed E-state index contributed by atoms with van der Waals surface area (Å²) in [5.74, 6) is 0.480. The second kappa shape index (κ2) is 6.23. The van der Waals surface area contributed by atoms with Crippen molar-refractivity contribution in [3.8, 4) is 0 Å². The van der Waals surface area contributed by atoms with Crippen molar-refractivity contribution in [3.05, 3.63) is 16.9 Å². The first-order chi connectivity index (χ1) is 7.60. The number of halogens is 1. The largest absolute Gasteiger partial charge is 0.384 e. The molecule has 0 spiro atoms. The van der Waals surface area contributed by atoms with Gasteiger partial charge >= 0.3 is 0 Å². The maximum Gasteiger partial charge on any atom is 0.0833 e. The average molecular weight is 246 g/mol. The van der Waals surface area contributed by atoms with Crippen LogP contribution in [0, 0.1) is 5.92 Å². The van der Waals surface area contributed by atoms with Crippen molar-refractivity contribution in [2.24, 2.45) is 13.0 Å². The number of nitrogens with zero attached hydrogens (tertiary/aromatic N) is 2. The molecule has 2 unspecified atom stereocenters. The number of hydrogen-bond donors (Lipinski definition) is 1. The van der Waals surface area contributed by atoms with E-state index in [1.165, 1.54) is 0 Å². The number of nitrogens with one attached hydrogen (secondary N) is 1. The molecule has 1 aromatic heterocycles. The van der Waals surface area contributed by atoms with E-state index in [4.69, 9.17) is 16.3 Å². The highest BCUT2D eigenvalue weighted by Gasteiger charge is 2.19. The predicted molar refractivity (Wildman–Crippen MR) is 65.7 cm³/mol. The molecule has 1 N–H and O–H groups in total. The van der Waals surface area contributed by atoms with Gasteiger partial charge in [0.25, 0.3) is 0 Å². The molecule has 0 aliphatic carbocycles. The van der Waals surface area contributed by atoms with Gasteiger partial charge in [-0.25, -0.2) is 0 Å². The van der Waals surface area contributed by atoms with Crippen LogP contribution in [0.15, 0.2) is 6.20 Å². The molecule has 2 atom stereocenters. The summed E-state index contributed by atoms with van der Waals surface area (Å²) >= 11 is 6.12. The van der Waals surface area contributed by atoms with Gasteiger partial charge in [0.15, 0.2) is 0 Å². The minimum Gasteiger partial charge on any atom is -0.384 e. The van der Waals surface area contributed by atoms with Gasteiger partial charge in [0, 0.05) is 20.8 Å². The molecule has 0 aromatic carbocycles. The number of aromatic nitrogens is 2. The Morgan fingerprint density at radius 2 is 2.31 bits per heavy atom.